The summed E-state index contributed by atoms with van der Waals surface area (Å²) in [6, 6.07) is 2.99. The maximum absolute atomic E-state index is 11.0. The van der Waals surface area contributed by atoms with Crippen molar-refractivity contribution in [1.82, 2.24) is 4.98 Å². The summed E-state index contributed by atoms with van der Waals surface area (Å²) >= 11 is 2.00. The molecule has 2 rings (SSSR count). The Labute approximate surface area is 129 Å². The van der Waals surface area contributed by atoms with E-state index in [1.807, 2.05) is 18.7 Å². The van der Waals surface area contributed by atoms with Crippen LogP contribution in [0, 0.1) is 16.0 Å². The molecule has 1 saturated heterocycles. The molecule has 0 aromatic carbocycles. The Hall–Kier alpha value is -1.50. The topological polar surface area (TPSA) is 80.1 Å². The molecule has 2 N–H and O–H groups in total. The third-order valence-corrected chi connectivity index (χ3v) is 4.54. The molecule has 0 atom stereocenters. The van der Waals surface area contributed by atoms with Crippen molar-refractivity contribution < 1.29 is 4.92 Å². The van der Waals surface area contributed by atoms with Gasteiger partial charge in [0.15, 0.2) is 0 Å². The lowest BCUT2D eigenvalue weighted by Gasteiger charge is -2.21. The van der Waals surface area contributed by atoms with Crippen molar-refractivity contribution in [2.75, 3.05) is 35.2 Å². The van der Waals surface area contributed by atoms with Gasteiger partial charge in [-0.25, -0.2) is 4.98 Å². The Balaban J connectivity index is 2.02. The van der Waals surface area contributed by atoms with E-state index in [4.69, 9.17) is 0 Å². The molecule has 0 amide bonds. The zero-order valence-corrected chi connectivity index (χ0v) is 13.1. The second-order valence-electron chi connectivity index (χ2n) is 5.22. The predicted molar refractivity (Wildman–Crippen MR) is 88.2 cm³/mol. The van der Waals surface area contributed by atoms with Crippen molar-refractivity contribution in [3.63, 3.8) is 0 Å². The second kappa shape index (κ2) is 8.07. The highest BCUT2D eigenvalue weighted by molar-refractivity contribution is 7.99. The van der Waals surface area contributed by atoms with E-state index in [1.165, 1.54) is 36.5 Å². The molecular formula is C14H22N4O2S. The van der Waals surface area contributed by atoms with Crippen LogP contribution in [-0.4, -0.2) is 34.5 Å². The number of aromatic nitrogens is 1. The molecule has 0 spiro atoms. The molecule has 1 fully saturated rings. The minimum absolute atomic E-state index is 0.0744. The molecule has 0 aliphatic carbocycles. The Morgan fingerprint density at radius 1 is 1.33 bits per heavy atom. The lowest BCUT2D eigenvalue weighted by Crippen LogP contribution is -2.19. The molecule has 1 aromatic rings. The molecule has 21 heavy (non-hydrogen) atoms. The minimum Gasteiger partial charge on any atom is -0.370 e. The largest absolute Gasteiger partial charge is 0.370 e. The van der Waals surface area contributed by atoms with Crippen LogP contribution in [0.2, 0.25) is 0 Å². The van der Waals surface area contributed by atoms with Gasteiger partial charge in [0.25, 0.3) is 5.69 Å². The van der Waals surface area contributed by atoms with Crippen LogP contribution < -0.4 is 10.6 Å². The number of thioether (sulfide) groups is 1. The van der Waals surface area contributed by atoms with E-state index in [2.05, 4.69) is 15.6 Å². The molecular weight excluding hydrogens is 288 g/mol. The van der Waals surface area contributed by atoms with Gasteiger partial charge in [-0.1, -0.05) is 6.92 Å². The maximum atomic E-state index is 11.0. The molecule has 116 valence electrons. The second-order valence-corrected chi connectivity index (χ2v) is 6.44. The number of nitrogens with zero attached hydrogens (tertiary/aromatic N) is 2. The van der Waals surface area contributed by atoms with Crippen LogP contribution >= 0.6 is 11.8 Å². The van der Waals surface area contributed by atoms with Crippen molar-refractivity contribution in [2.45, 2.75) is 26.2 Å². The first-order chi connectivity index (χ1) is 10.2. The third kappa shape index (κ3) is 5.08. The van der Waals surface area contributed by atoms with Gasteiger partial charge in [-0.05, 0) is 36.7 Å². The summed E-state index contributed by atoms with van der Waals surface area (Å²) in [5.41, 5.74) is 0.0744. The van der Waals surface area contributed by atoms with Crippen LogP contribution in [0.5, 0.6) is 0 Å². The standard InChI is InChI=1S/C14H22N4O2S/c1-2-5-15-13-8-12(18(19)20)9-14(17-13)16-10-11-3-6-21-7-4-11/h8-9,11H,2-7,10H2,1H3,(H2,15,16,17). The van der Waals surface area contributed by atoms with Gasteiger partial charge in [0, 0.05) is 13.1 Å². The number of hydrogen-bond donors (Lipinski definition) is 2. The smallest absolute Gasteiger partial charge is 0.276 e. The molecule has 0 saturated carbocycles. The average Bonchev–Trinajstić information content (AvgIpc) is 2.51. The van der Waals surface area contributed by atoms with Crippen molar-refractivity contribution in [2.24, 2.45) is 5.92 Å². The Kier molecular flexibility index (Phi) is 6.10. The summed E-state index contributed by atoms with van der Waals surface area (Å²) < 4.78 is 0. The molecule has 0 bridgehead atoms. The highest BCUT2D eigenvalue weighted by Gasteiger charge is 2.15. The van der Waals surface area contributed by atoms with E-state index < -0.39 is 0 Å². The zero-order chi connectivity index (χ0) is 15.1. The molecule has 6 nitrogen and oxygen atoms in total. The lowest BCUT2D eigenvalue weighted by atomic mass is 10.0. The van der Waals surface area contributed by atoms with Gasteiger partial charge in [0.2, 0.25) is 0 Å². The number of rotatable bonds is 7. The summed E-state index contributed by atoms with van der Waals surface area (Å²) in [7, 11) is 0. The van der Waals surface area contributed by atoms with Crippen LogP contribution in [0.1, 0.15) is 26.2 Å². The molecule has 2 heterocycles. The van der Waals surface area contributed by atoms with E-state index >= 15 is 0 Å². The van der Waals surface area contributed by atoms with E-state index in [9.17, 15) is 10.1 Å². The van der Waals surface area contributed by atoms with Gasteiger partial charge in [0.1, 0.15) is 11.6 Å². The SMILES string of the molecule is CCCNc1cc([N+](=O)[O-])cc(NCC2CCSCC2)n1. The summed E-state index contributed by atoms with van der Waals surface area (Å²) in [6.07, 6.45) is 3.36. The first-order valence-corrected chi connectivity index (χ1v) is 8.56. The third-order valence-electron chi connectivity index (χ3n) is 3.49. The normalized spacial score (nSPS) is 15.7. The van der Waals surface area contributed by atoms with Crippen molar-refractivity contribution in [3.05, 3.63) is 22.2 Å². The van der Waals surface area contributed by atoms with E-state index in [1.54, 1.807) is 0 Å². The average molecular weight is 310 g/mol. The predicted octanol–water partition coefficient (Wildman–Crippen LogP) is 3.37. The van der Waals surface area contributed by atoms with Gasteiger partial charge in [0.05, 0.1) is 17.1 Å². The van der Waals surface area contributed by atoms with Gasteiger partial charge in [-0.2, -0.15) is 11.8 Å². The van der Waals surface area contributed by atoms with Gasteiger partial charge < -0.3 is 10.6 Å². The molecule has 0 unspecified atom stereocenters. The van der Waals surface area contributed by atoms with Crippen molar-refractivity contribution in [1.29, 1.82) is 0 Å². The zero-order valence-electron chi connectivity index (χ0n) is 12.3. The first kappa shape index (κ1) is 15.9. The number of anilines is 2. The molecule has 1 aliphatic rings. The molecule has 1 aliphatic heterocycles. The van der Waals surface area contributed by atoms with Gasteiger partial charge in [-0.15, -0.1) is 0 Å². The minimum atomic E-state index is -0.374. The fraction of sp³-hybridized carbons (Fsp3) is 0.643. The fourth-order valence-electron chi connectivity index (χ4n) is 2.26. The van der Waals surface area contributed by atoms with Gasteiger partial charge >= 0.3 is 0 Å². The molecule has 1 aromatic heterocycles. The number of pyridine rings is 1. The first-order valence-electron chi connectivity index (χ1n) is 7.41. The van der Waals surface area contributed by atoms with Crippen molar-refractivity contribution >= 4 is 29.1 Å². The lowest BCUT2D eigenvalue weighted by molar-refractivity contribution is -0.384. The van der Waals surface area contributed by atoms with E-state index in [0.29, 0.717) is 17.6 Å². The highest BCUT2D eigenvalue weighted by atomic mass is 32.2. The van der Waals surface area contributed by atoms with Crippen LogP contribution in [0.3, 0.4) is 0 Å². The quantitative estimate of drug-likeness (QED) is 0.594. The van der Waals surface area contributed by atoms with Crippen LogP contribution in [0.4, 0.5) is 17.3 Å². The Morgan fingerprint density at radius 3 is 2.62 bits per heavy atom. The number of hydrogen-bond acceptors (Lipinski definition) is 6. The van der Waals surface area contributed by atoms with Gasteiger partial charge in [-0.3, -0.25) is 10.1 Å². The van der Waals surface area contributed by atoms with Crippen molar-refractivity contribution in [3.8, 4) is 0 Å². The van der Waals surface area contributed by atoms with Crippen LogP contribution in [-0.2, 0) is 0 Å². The summed E-state index contributed by atoms with van der Waals surface area (Å²) in [4.78, 5) is 15.0. The van der Waals surface area contributed by atoms with Crippen LogP contribution in [0.25, 0.3) is 0 Å². The molecule has 0 radical (unpaired) electrons. The number of nitrogens with one attached hydrogen (secondary N) is 2. The summed E-state index contributed by atoms with van der Waals surface area (Å²) in [5, 5.41) is 17.4. The highest BCUT2D eigenvalue weighted by Crippen LogP contribution is 2.24. The van der Waals surface area contributed by atoms with E-state index in [0.717, 1.165) is 19.5 Å². The summed E-state index contributed by atoms with van der Waals surface area (Å²) in [6.45, 7) is 3.64. The summed E-state index contributed by atoms with van der Waals surface area (Å²) in [5.74, 6) is 4.20. The Bertz CT molecular complexity index is 478. The number of nitro groups is 1. The van der Waals surface area contributed by atoms with Crippen LogP contribution in [0.15, 0.2) is 12.1 Å². The van der Waals surface area contributed by atoms with E-state index in [-0.39, 0.29) is 10.6 Å². The maximum Gasteiger partial charge on any atom is 0.276 e. The molecule has 7 heteroatoms. The Morgan fingerprint density at radius 2 is 2.00 bits per heavy atom. The fourth-order valence-corrected chi connectivity index (χ4v) is 3.46. The monoisotopic (exact) mass is 310 g/mol.